The first kappa shape index (κ1) is 8.94. The van der Waals surface area contributed by atoms with Gasteiger partial charge in [0.15, 0.2) is 0 Å². The van der Waals surface area contributed by atoms with Crippen LogP contribution in [0.2, 0.25) is 0 Å². The zero-order valence-corrected chi connectivity index (χ0v) is 5.70. The first-order valence-electron chi connectivity index (χ1n) is 2.96. The summed E-state index contributed by atoms with van der Waals surface area (Å²) in [5.41, 5.74) is 0. The summed E-state index contributed by atoms with van der Waals surface area (Å²) in [7, 11) is 0. The van der Waals surface area contributed by atoms with Crippen LogP contribution in [0.25, 0.3) is 0 Å². The summed E-state index contributed by atoms with van der Waals surface area (Å²) in [4.78, 5) is 18.8. The lowest BCUT2D eigenvalue weighted by atomic mass is 10.5. The SMILES string of the molecule is CC(=O)O.O=C(O)C1CC1. The molecule has 4 heteroatoms. The summed E-state index contributed by atoms with van der Waals surface area (Å²) in [6.45, 7) is 1.08. The van der Waals surface area contributed by atoms with Crippen molar-refractivity contribution in [3.05, 3.63) is 0 Å². The standard InChI is InChI=1S/C4H6O2.C2H4O2/c5-4(6)3-1-2-3;1-2(3)4/h3H,1-2H2,(H,5,6);1H3,(H,3,4). The number of hydrogen-bond acceptors (Lipinski definition) is 2. The minimum absolute atomic E-state index is 0.0185. The van der Waals surface area contributed by atoms with E-state index in [0.29, 0.717) is 0 Å². The van der Waals surface area contributed by atoms with Gasteiger partial charge in [-0.25, -0.2) is 0 Å². The van der Waals surface area contributed by atoms with Crippen LogP contribution in [0.3, 0.4) is 0 Å². The average molecular weight is 146 g/mol. The number of aliphatic carboxylic acids is 2. The highest BCUT2D eigenvalue weighted by molar-refractivity contribution is 5.72. The molecule has 1 aliphatic carbocycles. The fourth-order valence-electron chi connectivity index (χ4n) is 0.330. The van der Waals surface area contributed by atoms with Crippen LogP contribution in [0.15, 0.2) is 0 Å². The zero-order chi connectivity index (χ0) is 8.15. The second kappa shape index (κ2) is 3.87. The molecule has 2 N–H and O–H groups in total. The maximum absolute atomic E-state index is 9.76. The van der Waals surface area contributed by atoms with Gasteiger partial charge in [0.05, 0.1) is 5.92 Å². The number of rotatable bonds is 1. The van der Waals surface area contributed by atoms with Crippen molar-refractivity contribution in [3.8, 4) is 0 Å². The van der Waals surface area contributed by atoms with Gasteiger partial charge < -0.3 is 10.2 Å². The summed E-state index contributed by atoms with van der Waals surface area (Å²) in [6, 6.07) is 0. The first-order valence-corrected chi connectivity index (χ1v) is 2.96. The van der Waals surface area contributed by atoms with Gasteiger partial charge in [-0.2, -0.15) is 0 Å². The molecular formula is C6H10O4. The molecule has 0 unspecified atom stereocenters. The maximum atomic E-state index is 9.76. The summed E-state index contributed by atoms with van der Waals surface area (Å²) >= 11 is 0. The Morgan fingerprint density at radius 2 is 1.60 bits per heavy atom. The molecule has 10 heavy (non-hydrogen) atoms. The van der Waals surface area contributed by atoms with E-state index in [-0.39, 0.29) is 5.92 Å². The Balaban J connectivity index is 0.000000180. The molecule has 1 rings (SSSR count). The van der Waals surface area contributed by atoms with Crippen molar-refractivity contribution >= 4 is 11.9 Å². The third kappa shape index (κ3) is 6.94. The van der Waals surface area contributed by atoms with Gasteiger partial charge in [-0.3, -0.25) is 9.59 Å². The van der Waals surface area contributed by atoms with Crippen LogP contribution < -0.4 is 0 Å². The summed E-state index contributed by atoms with van der Waals surface area (Å²) in [6.07, 6.45) is 1.80. The van der Waals surface area contributed by atoms with Gasteiger partial charge in [-0.05, 0) is 12.8 Å². The molecule has 0 bridgehead atoms. The van der Waals surface area contributed by atoms with E-state index in [0.717, 1.165) is 19.8 Å². The molecule has 0 saturated heterocycles. The number of hydrogen-bond donors (Lipinski definition) is 2. The Hall–Kier alpha value is -1.06. The maximum Gasteiger partial charge on any atom is 0.306 e. The van der Waals surface area contributed by atoms with Gasteiger partial charge in [0.2, 0.25) is 0 Å². The predicted octanol–water partition coefficient (Wildman–Crippen LogP) is 0.572. The van der Waals surface area contributed by atoms with Crippen molar-refractivity contribution < 1.29 is 19.8 Å². The van der Waals surface area contributed by atoms with Crippen LogP contribution in [-0.4, -0.2) is 22.2 Å². The van der Waals surface area contributed by atoms with Gasteiger partial charge in [0, 0.05) is 6.92 Å². The minimum Gasteiger partial charge on any atom is -0.481 e. The van der Waals surface area contributed by atoms with E-state index in [2.05, 4.69) is 0 Å². The number of carboxylic acid groups (broad SMARTS) is 2. The highest BCUT2D eigenvalue weighted by Crippen LogP contribution is 2.28. The van der Waals surface area contributed by atoms with E-state index in [1.54, 1.807) is 0 Å². The molecule has 1 fully saturated rings. The van der Waals surface area contributed by atoms with Crippen molar-refractivity contribution in [1.29, 1.82) is 0 Å². The molecule has 0 spiro atoms. The number of carboxylic acids is 2. The van der Waals surface area contributed by atoms with Crippen LogP contribution in [0.5, 0.6) is 0 Å². The molecule has 0 aromatic carbocycles. The highest BCUT2D eigenvalue weighted by atomic mass is 16.4. The molecule has 58 valence electrons. The lowest BCUT2D eigenvalue weighted by molar-refractivity contribution is -0.138. The summed E-state index contributed by atoms with van der Waals surface area (Å²) < 4.78 is 0. The van der Waals surface area contributed by atoms with Crippen molar-refractivity contribution in [2.45, 2.75) is 19.8 Å². The normalized spacial score (nSPS) is 14.9. The minimum atomic E-state index is -0.833. The smallest absolute Gasteiger partial charge is 0.306 e. The van der Waals surface area contributed by atoms with Crippen molar-refractivity contribution in [1.82, 2.24) is 0 Å². The van der Waals surface area contributed by atoms with Crippen molar-refractivity contribution in [2.75, 3.05) is 0 Å². The van der Waals surface area contributed by atoms with Crippen LogP contribution in [0.1, 0.15) is 19.8 Å². The second-order valence-corrected chi connectivity index (χ2v) is 2.13. The molecule has 0 aliphatic heterocycles. The highest BCUT2D eigenvalue weighted by Gasteiger charge is 2.28. The monoisotopic (exact) mass is 146 g/mol. The Kier molecular flexibility index (Phi) is 3.46. The van der Waals surface area contributed by atoms with Crippen LogP contribution in [0.4, 0.5) is 0 Å². The Morgan fingerprint density at radius 1 is 1.30 bits per heavy atom. The Morgan fingerprint density at radius 3 is 1.60 bits per heavy atom. The van der Waals surface area contributed by atoms with Gasteiger partial charge >= 0.3 is 5.97 Å². The van der Waals surface area contributed by atoms with Gasteiger partial charge in [-0.15, -0.1) is 0 Å². The van der Waals surface area contributed by atoms with Crippen LogP contribution in [-0.2, 0) is 9.59 Å². The molecule has 0 aromatic heterocycles. The van der Waals surface area contributed by atoms with Crippen molar-refractivity contribution in [2.24, 2.45) is 5.92 Å². The molecule has 4 nitrogen and oxygen atoms in total. The van der Waals surface area contributed by atoms with Gasteiger partial charge in [0.25, 0.3) is 5.97 Å². The fourth-order valence-corrected chi connectivity index (χ4v) is 0.330. The first-order chi connectivity index (χ1) is 4.54. The van der Waals surface area contributed by atoms with Gasteiger partial charge in [0.1, 0.15) is 0 Å². The predicted molar refractivity (Wildman–Crippen MR) is 33.7 cm³/mol. The second-order valence-electron chi connectivity index (χ2n) is 2.13. The lowest BCUT2D eigenvalue weighted by Crippen LogP contribution is -1.94. The molecule has 0 heterocycles. The van der Waals surface area contributed by atoms with E-state index in [1.165, 1.54) is 0 Å². The zero-order valence-electron chi connectivity index (χ0n) is 5.70. The van der Waals surface area contributed by atoms with E-state index in [1.807, 2.05) is 0 Å². The van der Waals surface area contributed by atoms with Gasteiger partial charge in [-0.1, -0.05) is 0 Å². The molecule has 1 aliphatic rings. The van der Waals surface area contributed by atoms with E-state index >= 15 is 0 Å². The molecule has 1 saturated carbocycles. The Labute approximate surface area is 58.5 Å². The topological polar surface area (TPSA) is 74.6 Å². The largest absolute Gasteiger partial charge is 0.481 e. The summed E-state index contributed by atoms with van der Waals surface area (Å²) in [5, 5.41) is 15.5. The van der Waals surface area contributed by atoms with Crippen LogP contribution >= 0.6 is 0 Å². The molecule has 0 amide bonds. The molecular weight excluding hydrogens is 136 g/mol. The van der Waals surface area contributed by atoms with E-state index in [4.69, 9.17) is 15.0 Å². The molecule has 0 aromatic rings. The third-order valence-corrected chi connectivity index (χ3v) is 0.927. The van der Waals surface area contributed by atoms with E-state index < -0.39 is 11.9 Å². The Bertz CT molecular complexity index is 133. The number of carbonyl (C=O) groups is 2. The lowest BCUT2D eigenvalue weighted by Gasteiger charge is -1.75. The fraction of sp³-hybridized carbons (Fsp3) is 0.667. The third-order valence-electron chi connectivity index (χ3n) is 0.927. The van der Waals surface area contributed by atoms with Crippen LogP contribution in [0, 0.1) is 5.92 Å². The summed E-state index contributed by atoms with van der Waals surface area (Å²) in [5.74, 6) is -1.44. The molecule has 0 radical (unpaired) electrons. The quantitative estimate of drug-likeness (QED) is 0.567. The van der Waals surface area contributed by atoms with Crippen molar-refractivity contribution in [3.63, 3.8) is 0 Å². The average Bonchev–Trinajstić information content (AvgIpc) is 2.38. The van der Waals surface area contributed by atoms with E-state index in [9.17, 15) is 4.79 Å². The molecule has 0 atom stereocenters.